The second-order valence-electron chi connectivity index (χ2n) is 6.42. The van der Waals surface area contributed by atoms with Crippen molar-refractivity contribution in [1.82, 2.24) is 10.2 Å². The number of nitrogens with zero attached hydrogens (tertiary/aromatic N) is 1. The maximum Gasteiger partial charge on any atom is 0.258 e. The van der Waals surface area contributed by atoms with E-state index in [-0.39, 0.29) is 24.5 Å². The third kappa shape index (κ3) is 5.47. The van der Waals surface area contributed by atoms with Crippen molar-refractivity contribution in [3.8, 4) is 11.5 Å². The number of piperidine rings is 1. The minimum Gasteiger partial charge on any atom is -0.493 e. The Bertz CT molecular complexity index is 755. The predicted octanol–water partition coefficient (Wildman–Crippen LogP) is 2.49. The molecular formula is C20H24N2O4S. The van der Waals surface area contributed by atoms with E-state index in [2.05, 4.69) is 5.32 Å². The summed E-state index contributed by atoms with van der Waals surface area (Å²) in [5, 5.41) is 4.97. The number of carbonyl (C=O) groups excluding carboxylic acids is 2. The van der Waals surface area contributed by atoms with Crippen LogP contribution in [0.2, 0.25) is 0 Å². The van der Waals surface area contributed by atoms with Gasteiger partial charge in [0, 0.05) is 24.0 Å². The molecule has 2 amide bonds. The number of carbonyl (C=O) groups is 2. The largest absolute Gasteiger partial charge is 0.493 e. The van der Waals surface area contributed by atoms with Gasteiger partial charge in [0.25, 0.3) is 5.91 Å². The van der Waals surface area contributed by atoms with Gasteiger partial charge in [-0.3, -0.25) is 9.59 Å². The molecule has 1 aromatic carbocycles. The first-order valence-electron chi connectivity index (χ1n) is 9.01. The van der Waals surface area contributed by atoms with Crippen molar-refractivity contribution >= 4 is 23.2 Å². The average molecular weight is 388 g/mol. The number of benzene rings is 1. The van der Waals surface area contributed by atoms with Gasteiger partial charge < -0.3 is 19.7 Å². The Morgan fingerprint density at radius 1 is 1.15 bits per heavy atom. The fourth-order valence-electron chi connectivity index (χ4n) is 3.10. The smallest absolute Gasteiger partial charge is 0.258 e. The highest BCUT2D eigenvalue weighted by molar-refractivity contribution is 7.10. The van der Waals surface area contributed by atoms with Crippen LogP contribution >= 0.6 is 11.3 Å². The van der Waals surface area contributed by atoms with Gasteiger partial charge in [0.1, 0.15) is 0 Å². The van der Waals surface area contributed by atoms with Crippen molar-refractivity contribution in [2.24, 2.45) is 0 Å². The molecule has 6 nitrogen and oxygen atoms in total. The zero-order valence-corrected chi connectivity index (χ0v) is 16.2. The molecule has 1 fully saturated rings. The van der Waals surface area contributed by atoms with E-state index in [0.717, 1.165) is 17.7 Å². The molecular weight excluding hydrogens is 364 g/mol. The average Bonchev–Trinajstić information content (AvgIpc) is 3.20. The van der Waals surface area contributed by atoms with Gasteiger partial charge in [0.2, 0.25) is 5.91 Å². The van der Waals surface area contributed by atoms with Crippen LogP contribution in [0.25, 0.3) is 0 Å². The van der Waals surface area contributed by atoms with E-state index in [4.69, 9.17) is 9.47 Å². The van der Waals surface area contributed by atoms with Crippen LogP contribution < -0.4 is 14.8 Å². The fraction of sp³-hybridized carbons (Fsp3) is 0.400. The van der Waals surface area contributed by atoms with Crippen molar-refractivity contribution in [1.29, 1.82) is 0 Å². The lowest BCUT2D eigenvalue weighted by atomic mass is 10.0. The highest BCUT2D eigenvalue weighted by atomic mass is 32.1. The third-order valence-corrected chi connectivity index (χ3v) is 5.42. The van der Waals surface area contributed by atoms with Crippen LogP contribution in [-0.4, -0.2) is 49.6 Å². The molecule has 3 rings (SSSR count). The molecule has 27 heavy (non-hydrogen) atoms. The number of amides is 2. The molecule has 144 valence electrons. The van der Waals surface area contributed by atoms with Gasteiger partial charge in [-0.15, -0.1) is 11.3 Å². The molecule has 1 saturated heterocycles. The van der Waals surface area contributed by atoms with Crippen molar-refractivity contribution in [3.05, 3.63) is 46.7 Å². The van der Waals surface area contributed by atoms with Crippen LogP contribution in [0.4, 0.5) is 0 Å². The molecule has 1 aromatic heterocycles. The molecule has 0 unspecified atom stereocenters. The van der Waals surface area contributed by atoms with E-state index in [9.17, 15) is 9.59 Å². The second-order valence-corrected chi connectivity index (χ2v) is 7.45. The van der Waals surface area contributed by atoms with Crippen LogP contribution in [0.5, 0.6) is 11.5 Å². The van der Waals surface area contributed by atoms with Crippen molar-refractivity contribution in [3.63, 3.8) is 0 Å². The summed E-state index contributed by atoms with van der Waals surface area (Å²) in [6, 6.07) is 11.3. The van der Waals surface area contributed by atoms with E-state index in [1.165, 1.54) is 0 Å². The standard InChI is InChI=1S/C20H24N2O4S/c1-25-17-6-2-3-7-18(17)26-14-19(23)21-15-8-10-22(11-9-15)20(24)13-16-5-4-12-27-16/h2-7,12,15H,8-11,13-14H2,1H3,(H,21,23). The first-order valence-corrected chi connectivity index (χ1v) is 9.89. The van der Waals surface area contributed by atoms with Crippen LogP contribution in [0.1, 0.15) is 17.7 Å². The number of likely N-dealkylation sites (tertiary alicyclic amines) is 1. The van der Waals surface area contributed by atoms with E-state index in [0.29, 0.717) is 31.0 Å². The van der Waals surface area contributed by atoms with Gasteiger partial charge in [0.15, 0.2) is 18.1 Å². The number of hydrogen-bond acceptors (Lipinski definition) is 5. The Kier molecular flexibility index (Phi) is 6.70. The van der Waals surface area contributed by atoms with E-state index < -0.39 is 0 Å². The van der Waals surface area contributed by atoms with Crippen molar-refractivity contribution in [2.45, 2.75) is 25.3 Å². The minimum absolute atomic E-state index is 0.0576. The molecule has 2 heterocycles. The first-order chi connectivity index (χ1) is 13.2. The number of hydrogen-bond donors (Lipinski definition) is 1. The summed E-state index contributed by atoms with van der Waals surface area (Å²) in [5.41, 5.74) is 0. The number of rotatable bonds is 7. The monoisotopic (exact) mass is 388 g/mol. The van der Waals surface area contributed by atoms with Gasteiger partial charge in [-0.25, -0.2) is 0 Å². The van der Waals surface area contributed by atoms with Crippen LogP contribution in [-0.2, 0) is 16.0 Å². The molecule has 7 heteroatoms. The molecule has 2 aromatic rings. The summed E-state index contributed by atoms with van der Waals surface area (Å²) in [6.07, 6.45) is 1.98. The third-order valence-electron chi connectivity index (χ3n) is 4.55. The molecule has 1 N–H and O–H groups in total. The lowest BCUT2D eigenvalue weighted by Gasteiger charge is -2.32. The van der Waals surface area contributed by atoms with Crippen molar-refractivity contribution in [2.75, 3.05) is 26.8 Å². The summed E-state index contributed by atoms with van der Waals surface area (Å²) in [6.45, 7) is 1.28. The number of nitrogens with one attached hydrogen (secondary N) is 1. The number of thiophene rings is 1. The molecule has 0 spiro atoms. The Labute approximate surface area is 163 Å². The maximum atomic E-state index is 12.3. The highest BCUT2D eigenvalue weighted by Crippen LogP contribution is 2.25. The number of methoxy groups -OCH3 is 1. The Morgan fingerprint density at radius 2 is 1.89 bits per heavy atom. The van der Waals surface area contributed by atoms with Gasteiger partial charge in [0.05, 0.1) is 13.5 Å². The zero-order chi connectivity index (χ0) is 19.1. The van der Waals surface area contributed by atoms with Gasteiger partial charge in [-0.2, -0.15) is 0 Å². The molecule has 0 atom stereocenters. The molecule has 0 saturated carbocycles. The molecule has 1 aliphatic rings. The molecule has 0 radical (unpaired) electrons. The summed E-state index contributed by atoms with van der Waals surface area (Å²) in [7, 11) is 1.57. The fourth-order valence-corrected chi connectivity index (χ4v) is 3.79. The Hall–Kier alpha value is -2.54. The molecule has 0 aliphatic carbocycles. The SMILES string of the molecule is COc1ccccc1OCC(=O)NC1CCN(C(=O)Cc2cccs2)CC1. The van der Waals surface area contributed by atoms with Gasteiger partial charge >= 0.3 is 0 Å². The van der Waals surface area contributed by atoms with Crippen LogP contribution in [0.15, 0.2) is 41.8 Å². The van der Waals surface area contributed by atoms with Crippen LogP contribution in [0.3, 0.4) is 0 Å². The quantitative estimate of drug-likeness (QED) is 0.791. The summed E-state index contributed by atoms with van der Waals surface area (Å²) >= 11 is 1.60. The van der Waals surface area contributed by atoms with E-state index in [1.807, 2.05) is 34.5 Å². The predicted molar refractivity (Wildman–Crippen MR) is 104 cm³/mol. The summed E-state index contributed by atoms with van der Waals surface area (Å²) in [5.74, 6) is 1.14. The Morgan fingerprint density at radius 3 is 2.56 bits per heavy atom. The van der Waals surface area contributed by atoms with Crippen LogP contribution in [0, 0.1) is 0 Å². The van der Waals surface area contributed by atoms with Gasteiger partial charge in [-0.05, 0) is 36.4 Å². The lowest BCUT2D eigenvalue weighted by Crippen LogP contribution is -2.47. The summed E-state index contributed by atoms with van der Waals surface area (Å²) < 4.78 is 10.8. The topological polar surface area (TPSA) is 67.9 Å². The zero-order valence-electron chi connectivity index (χ0n) is 15.3. The molecule has 1 aliphatic heterocycles. The molecule has 0 bridgehead atoms. The highest BCUT2D eigenvalue weighted by Gasteiger charge is 2.24. The second kappa shape index (κ2) is 9.41. The number of ether oxygens (including phenoxy) is 2. The minimum atomic E-state index is -0.163. The first kappa shape index (κ1) is 19.2. The van der Waals surface area contributed by atoms with Gasteiger partial charge in [-0.1, -0.05) is 18.2 Å². The number of para-hydroxylation sites is 2. The maximum absolute atomic E-state index is 12.3. The van der Waals surface area contributed by atoms with Crippen molar-refractivity contribution < 1.29 is 19.1 Å². The normalized spacial score (nSPS) is 14.6. The summed E-state index contributed by atoms with van der Waals surface area (Å²) in [4.78, 5) is 27.5. The van der Waals surface area contributed by atoms with E-state index in [1.54, 1.807) is 30.6 Å². The Balaban J connectivity index is 1.39. The lowest BCUT2D eigenvalue weighted by molar-refractivity contribution is -0.131. The van der Waals surface area contributed by atoms with E-state index >= 15 is 0 Å².